The second kappa shape index (κ2) is 7.99. The second-order valence-corrected chi connectivity index (χ2v) is 6.97. The first-order valence-electron chi connectivity index (χ1n) is 8.03. The predicted octanol–water partition coefficient (Wildman–Crippen LogP) is 2.00. The molecule has 0 spiro atoms. The van der Waals surface area contributed by atoms with Gasteiger partial charge in [-0.25, -0.2) is 0 Å². The monoisotopic (exact) mass is 283 g/mol. The molecular formula is C16H33N3O. The van der Waals surface area contributed by atoms with Gasteiger partial charge in [-0.05, 0) is 46.7 Å². The van der Waals surface area contributed by atoms with E-state index >= 15 is 0 Å². The molecule has 1 rings (SSSR count). The summed E-state index contributed by atoms with van der Waals surface area (Å²) >= 11 is 0. The van der Waals surface area contributed by atoms with Gasteiger partial charge in [-0.3, -0.25) is 4.79 Å². The largest absolute Gasteiger partial charge is 0.354 e. The van der Waals surface area contributed by atoms with E-state index in [0.717, 1.165) is 19.0 Å². The maximum Gasteiger partial charge on any atom is 0.221 e. The van der Waals surface area contributed by atoms with Gasteiger partial charge in [0, 0.05) is 31.1 Å². The van der Waals surface area contributed by atoms with E-state index in [1.165, 1.54) is 25.7 Å². The predicted molar refractivity (Wildman–Crippen MR) is 84.8 cm³/mol. The van der Waals surface area contributed by atoms with Gasteiger partial charge in [-0.2, -0.15) is 0 Å². The maximum atomic E-state index is 11.6. The minimum Gasteiger partial charge on any atom is -0.354 e. The summed E-state index contributed by atoms with van der Waals surface area (Å²) in [5.74, 6) is 0.945. The van der Waals surface area contributed by atoms with Crippen LogP contribution in [-0.4, -0.2) is 49.6 Å². The Kier molecular flexibility index (Phi) is 6.96. The fourth-order valence-electron chi connectivity index (χ4n) is 3.27. The molecule has 0 aromatic carbocycles. The van der Waals surface area contributed by atoms with Crippen LogP contribution in [0.25, 0.3) is 0 Å². The van der Waals surface area contributed by atoms with E-state index < -0.39 is 0 Å². The molecule has 1 aliphatic carbocycles. The number of nitrogens with zero attached hydrogens (tertiary/aromatic N) is 1. The lowest BCUT2D eigenvalue weighted by Crippen LogP contribution is -2.54. The van der Waals surface area contributed by atoms with Crippen molar-refractivity contribution in [2.75, 3.05) is 27.2 Å². The highest BCUT2D eigenvalue weighted by molar-refractivity contribution is 5.76. The molecular weight excluding hydrogens is 250 g/mol. The Morgan fingerprint density at radius 3 is 2.65 bits per heavy atom. The molecule has 0 aromatic heterocycles. The lowest BCUT2D eigenvalue weighted by molar-refractivity contribution is -0.121. The smallest absolute Gasteiger partial charge is 0.221 e. The Morgan fingerprint density at radius 2 is 2.10 bits per heavy atom. The summed E-state index contributed by atoms with van der Waals surface area (Å²) in [5, 5.41) is 6.43. The van der Waals surface area contributed by atoms with Crippen LogP contribution in [0.2, 0.25) is 0 Å². The van der Waals surface area contributed by atoms with Gasteiger partial charge in [0.15, 0.2) is 0 Å². The van der Waals surface area contributed by atoms with E-state index in [-0.39, 0.29) is 17.5 Å². The Hall–Kier alpha value is -0.610. The lowest BCUT2D eigenvalue weighted by atomic mass is 9.75. The van der Waals surface area contributed by atoms with Crippen molar-refractivity contribution in [2.45, 2.75) is 64.5 Å². The minimum absolute atomic E-state index is 0.142. The Balaban J connectivity index is 2.35. The van der Waals surface area contributed by atoms with Crippen LogP contribution >= 0.6 is 0 Å². The summed E-state index contributed by atoms with van der Waals surface area (Å²) in [4.78, 5) is 14.0. The molecule has 1 amide bonds. The molecule has 0 radical (unpaired) electrons. The fourth-order valence-corrected chi connectivity index (χ4v) is 3.27. The zero-order valence-corrected chi connectivity index (χ0v) is 14.0. The molecule has 1 saturated carbocycles. The number of nitrogens with one attached hydrogen (secondary N) is 2. The van der Waals surface area contributed by atoms with E-state index in [4.69, 9.17) is 0 Å². The summed E-state index contributed by atoms with van der Waals surface area (Å²) in [6.07, 6.45) is 5.75. The van der Waals surface area contributed by atoms with Crippen molar-refractivity contribution in [2.24, 2.45) is 5.92 Å². The van der Waals surface area contributed by atoms with Gasteiger partial charge in [-0.1, -0.05) is 19.8 Å². The lowest BCUT2D eigenvalue weighted by Gasteiger charge is -2.45. The van der Waals surface area contributed by atoms with Crippen LogP contribution < -0.4 is 10.6 Å². The molecule has 4 heteroatoms. The van der Waals surface area contributed by atoms with Gasteiger partial charge >= 0.3 is 0 Å². The second-order valence-electron chi connectivity index (χ2n) is 6.97. The SMILES string of the molecule is CC1CCCC(CNCCC(=O)NC(C)C)(N(C)C)C1. The van der Waals surface area contributed by atoms with Crippen molar-refractivity contribution < 1.29 is 4.79 Å². The Morgan fingerprint density at radius 1 is 1.40 bits per heavy atom. The third-order valence-electron chi connectivity index (χ3n) is 4.45. The topological polar surface area (TPSA) is 44.4 Å². The third-order valence-corrected chi connectivity index (χ3v) is 4.45. The first-order valence-corrected chi connectivity index (χ1v) is 8.03. The van der Waals surface area contributed by atoms with Crippen molar-refractivity contribution in [3.63, 3.8) is 0 Å². The normalized spacial score (nSPS) is 27.1. The molecule has 2 N–H and O–H groups in total. The minimum atomic E-state index is 0.142. The van der Waals surface area contributed by atoms with Gasteiger partial charge in [0.1, 0.15) is 0 Å². The molecule has 0 aromatic rings. The van der Waals surface area contributed by atoms with Gasteiger partial charge < -0.3 is 15.5 Å². The number of hydrogen-bond acceptors (Lipinski definition) is 3. The first-order chi connectivity index (χ1) is 9.35. The fraction of sp³-hybridized carbons (Fsp3) is 0.938. The molecule has 20 heavy (non-hydrogen) atoms. The van der Waals surface area contributed by atoms with Crippen LogP contribution in [-0.2, 0) is 4.79 Å². The molecule has 2 unspecified atom stereocenters. The van der Waals surface area contributed by atoms with Crippen LogP contribution in [0.1, 0.15) is 52.9 Å². The molecule has 0 saturated heterocycles. The molecule has 0 heterocycles. The zero-order valence-electron chi connectivity index (χ0n) is 14.0. The summed E-state index contributed by atoms with van der Waals surface area (Å²) in [5.41, 5.74) is 0.270. The summed E-state index contributed by atoms with van der Waals surface area (Å²) < 4.78 is 0. The highest BCUT2D eigenvalue weighted by atomic mass is 16.1. The van der Waals surface area contributed by atoms with Gasteiger partial charge in [0.25, 0.3) is 0 Å². The Bertz CT molecular complexity index is 304. The van der Waals surface area contributed by atoms with Crippen LogP contribution in [0.3, 0.4) is 0 Å². The zero-order chi connectivity index (χ0) is 15.2. The van der Waals surface area contributed by atoms with Crippen molar-refractivity contribution in [3.8, 4) is 0 Å². The standard InChI is InChI=1S/C16H33N3O/c1-13(2)18-15(20)8-10-17-12-16(19(4)5)9-6-7-14(3)11-16/h13-14,17H,6-12H2,1-5H3,(H,18,20). The van der Waals surface area contributed by atoms with Crippen LogP contribution in [0.15, 0.2) is 0 Å². The van der Waals surface area contributed by atoms with Crippen molar-refractivity contribution >= 4 is 5.91 Å². The maximum absolute atomic E-state index is 11.6. The van der Waals surface area contributed by atoms with E-state index in [0.29, 0.717) is 6.42 Å². The molecule has 4 nitrogen and oxygen atoms in total. The molecule has 0 aliphatic heterocycles. The molecule has 1 fully saturated rings. The van der Waals surface area contributed by atoms with Gasteiger partial charge in [-0.15, -0.1) is 0 Å². The number of rotatable bonds is 7. The van der Waals surface area contributed by atoms with Crippen molar-refractivity contribution in [1.29, 1.82) is 0 Å². The third kappa shape index (κ3) is 5.41. The average Bonchev–Trinajstić information content (AvgIpc) is 2.33. The quantitative estimate of drug-likeness (QED) is 0.703. The molecule has 0 bridgehead atoms. The number of carbonyl (C=O) groups is 1. The molecule has 1 aliphatic rings. The van der Waals surface area contributed by atoms with E-state index in [1.807, 2.05) is 13.8 Å². The van der Waals surface area contributed by atoms with Crippen molar-refractivity contribution in [3.05, 3.63) is 0 Å². The first kappa shape index (κ1) is 17.4. The number of likely N-dealkylation sites (N-methyl/N-ethyl adjacent to an activating group) is 1. The van der Waals surface area contributed by atoms with Gasteiger partial charge in [0.2, 0.25) is 5.91 Å². The number of hydrogen-bond donors (Lipinski definition) is 2. The summed E-state index contributed by atoms with van der Waals surface area (Å²) in [6, 6.07) is 0.231. The highest BCUT2D eigenvalue weighted by Gasteiger charge is 2.36. The van der Waals surface area contributed by atoms with Crippen LogP contribution in [0.5, 0.6) is 0 Å². The van der Waals surface area contributed by atoms with Crippen LogP contribution in [0, 0.1) is 5.92 Å². The van der Waals surface area contributed by atoms with Crippen molar-refractivity contribution in [1.82, 2.24) is 15.5 Å². The molecule has 2 atom stereocenters. The molecule has 118 valence electrons. The highest BCUT2D eigenvalue weighted by Crippen LogP contribution is 2.35. The van der Waals surface area contributed by atoms with Gasteiger partial charge in [0.05, 0.1) is 0 Å². The Labute approximate surface area is 124 Å². The van der Waals surface area contributed by atoms with Crippen LogP contribution in [0.4, 0.5) is 0 Å². The van der Waals surface area contributed by atoms with E-state index in [1.54, 1.807) is 0 Å². The summed E-state index contributed by atoms with van der Waals surface area (Å²) in [7, 11) is 4.37. The number of amides is 1. The average molecular weight is 283 g/mol. The van der Waals surface area contributed by atoms with E-state index in [9.17, 15) is 4.79 Å². The van der Waals surface area contributed by atoms with E-state index in [2.05, 4.69) is 36.6 Å². The summed E-state index contributed by atoms with van der Waals surface area (Å²) in [6.45, 7) is 8.10. The number of carbonyl (C=O) groups excluding carboxylic acids is 1.